The van der Waals surface area contributed by atoms with Crippen LogP contribution in [0.3, 0.4) is 0 Å². The summed E-state index contributed by atoms with van der Waals surface area (Å²) in [4.78, 5) is 11.6. The fourth-order valence-corrected chi connectivity index (χ4v) is 2.06. The molecule has 82 valence electrons. The minimum Gasteiger partial charge on any atom is -0.352 e. The van der Waals surface area contributed by atoms with Crippen LogP contribution in [0, 0.1) is 5.92 Å². The normalized spacial score (nSPS) is 21.9. The summed E-state index contributed by atoms with van der Waals surface area (Å²) in [5.74, 6) is 0.815. The van der Waals surface area contributed by atoms with Gasteiger partial charge in [-0.15, -0.1) is 0 Å². The highest BCUT2D eigenvalue weighted by atomic mass is 16.2. The second-order valence-corrected chi connectivity index (χ2v) is 4.35. The van der Waals surface area contributed by atoms with Crippen LogP contribution in [0.2, 0.25) is 0 Å². The molecule has 0 radical (unpaired) electrons. The molecule has 3 nitrogen and oxygen atoms in total. The minimum absolute atomic E-state index is 0.0844. The van der Waals surface area contributed by atoms with E-state index in [1.165, 1.54) is 25.7 Å². The molecule has 1 aliphatic rings. The molecule has 1 amide bonds. The molecule has 1 fully saturated rings. The highest BCUT2D eigenvalue weighted by Crippen LogP contribution is 2.27. The molecule has 1 rings (SSSR count). The van der Waals surface area contributed by atoms with Crippen molar-refractivity contribution in [3.05, 3.63) is 0 Å². The molecule has 1 saturated carbocycles. The zero-order valence-electron chi connectivity index (χ0n) is 9.47. The molecular weight excluding hydrogens is 176 g/mol. The quantitative estimate of drug-likeness (QED) is 0.714. The number of carbonyl (C=O) groups is 1. The Hall–Kier alpha value is -0.570. The molecule has 2 N–H and O–H groups in total. The summed E-state index contributed by atoms with van der Waals surface area (Å²) < 4.78 is 0. The van der Waals surface area contributed by atoms with Crippen LogP contribution >= 0.6 is 0 Å². The third-order valence-corrected chi connectivity index (χ3v) is 3.30. The van der Waals surface area contributed by atoms with Crippen molar-refractivity contribution in [1.29, 1.82) is 0 Å². The van der Waals surface area contributed by atoms with Crippen molar-refractivity contribution in [2.45, 2.75) is 51.6 Å². The van der Waals surface area contributed by atoms with Crippen LogP contribution < -0.4 is 10.6 Å². The van der Waals surface area contributed by atoms with Gasteiger partial charge in [0.25, 0.3) is 0 Å². The van der Waals surface area contributed by atoms with Gasteiger partial charge in [0.2, 0.25) is 5.91 Å². The molecule has 0 spiro atoms. The lowest BCUT2D eigenvalue weighted by atomic mass is 9.99. The Kier molecular flexibility index (Phi) is 4.39. The van der Waals surface area contributed by atoms with E-state index in [-0.39, 0.29) is 11.9 Å². The zero-order valence-corrected chi connectivity index (χ0v) is 9.47. The van der Waals surface area contributed by atoms with Crippen molar-refractivity contribution in [3.63, 3.8) is 0 Å². The van der Waals surface area contributed by atoms with Gasteiger partial charge in [-0.2, -0.15) is 0 Å². The van der Waals surface area contributed by atoms with E-state index in [1.54, 1.807) is 0 Å². The van der Waals surface area contributed by atoms with Gasteiger partial charge in [0.05, 0.1) is 6.04 Å². The van der Waals surface area contributed by atoms with Crippen molar-refractivity contribution in [2.75, 3.05) is 7.05 Å². The molecular formula is C11H22N2O. The summed E-state index contributed by atoms with van der Waals surface area (Å²) in [6, 6.07) is 0.250. The second kappa shape index (κ2) is 5.35. The van der Waals surface area contributed by atoms with E-state index >= 15 is 0 Å². The molecule has 1 aliphatic carbocycles. The third-order valence-electron chi connectivity index (χ3n) is 3.30. The van der Waals surface area contributed by atoms with Gasteiger partial charge in [-0.25, -0.2) is 0 Å². The lowest BCUT2D eigenvalue weighted by Crippen LogP contribution is -2.46. The van der Waals surface area contributed by atoms with E-state index in [9.17, 15) is 4.79 Å². The van der Waals surface area contributed by atoms with Crippen LogP contribution in [-0.2, 0) is 4.79 Å². The first-order valence-corrected chi connectivity index (χ1v) is 5.62. The maximum absolute atomic E-state index is 11.6. The topological polar surface area (TPSA) is 41.1 Å². The predicted octanol–water partition coefficient (Wildman–Crippen LogP) is 1.29. The number of likely N-dealkylation sites (N-methyl/N-ethyl adjacent to an activating group) is 1. The number of carbonyl (C=O) groups excluding carboxylic acids is 1. The van der Waals surface area contributed by atoms with Gasteiger partial charge < -0.3 is 10.6 Å². The van der Waals surface area contributed by atoms with E-state index in [1.807, 2.05) is 14.0 Å². The number of amides is 1. The smallest absolute Gasteiger partial charge is 0.237 e. The number of hydrogen-bond donors (Lipinski definition) is 2. The average molecular weight is 198 g/mol. The van der Waals surface area contributed by atoms with Gasteiger partial charge in [0.1, 0.15) is 0 Å². The van der Waals surface area contributed by atoms with Crippen LogP contribution in [0.15, 0.2) is 0 Å². The van der Waals surface area contributed by atoms with Gasteiger partial charge in [-0.1, -0.05) is 12.8 Å². The van der Waals surface area contributed by atoms with Gasteiger partial charge >= 0.3 is 0 Å². The van der Waals surface area contributed by atoms with Gasteiger partial charge in [-0.3, -0.25) is 4.79 Å². The SMILES string of the molecule is CNC(C)C(=O)N[C@@H](C)C1CCCC1. The van der Waals surface area contributed by atoms with Crippen LogP contribution in [-0.4, -0.2) is 25.0 Å². The molecule has 0 aromatic carbocycles. The van der Waals surface area contributed by atoms with Gasteiger partial charge in [0.15, 0.2) is 0 Å². The Morgan fingerprint density at radius 2 is 1.86 bits per heavy atom. The summed E-state index contributed by atoms with van der Waals surface area (Å²) in [5.41, 5.74) is 0. The maximum atomic E-state index is 11.6. The largest absolute Gasteiger partial charge is 0.352 e. The summed E-state index contributed by atoms with van der Waals surface area (Å²) in [6.45, 7) is 4.01. The summed E-state index contributed by atoms with van der Waals surface area (Å²) >= 11 is 0. The summed E-state index contributed by atoms with van der Waals surface area (Å²) in [7, 11) is 1.81. The predicted molar refractivity (Wildman–Crippen MR) is 58.1 cm³/mol. The highest BCUT2D eigenvalue weighted by Gasteiger charge is 2.23. The van der Waals surface area contributed by atoms with Crippen molar-refractivity contribution in [1.82, 2.24) is 10.6 Å². The first-order valence-electron chi connectivity index (χ1n) is 5.62. The Morgan fingerprint density at radius 1 is 1.29 bits per heavy atom. The Bertz CT molecular complexity index is 188. The van der Waals surface area contributed by atoms with Gasteiger partial charge in [0, 0.05) is 6.04 Å². The molecule has 0 aliphatic heterocycles. The number of rotatable bonds is 4. The Balaban J connectivity index is 2.31. The molecule has 14 heavy (non-hydrogen) atoms. The molecule has 0 aromatic heterocycles. The number of hydrogen-bond acceptors (Lipinski definition) is 2. The molecule has 1 unspecified atom stereocenters. The van der Waals surface area contributed by atoms with E-state index in [0.29, 0.717) is 12.0 Å². The van der Waals surface area contributed by atoms with Crippen molar-refractivity contribution >= 4 is 5.91 Å². The Labute approximate surface area is 86.6 Å². The lowest BCUT2D eigenvalue weighted by Gasteiger charge is -2.22. The van der Waals surface area contributed by atoms with Crippen LogP contribution in [0.1, 0.15) is 39.5 Å². The number of nitrogens with one attached hydrogen (secondary N) is 2. The van der Waals surface area contributed by atoms with E-state index in [2.05, 4.69) is 17.6 Å². The maximum Gasteiger partial charge on any atom is 0.237 e. The van der Waals surface area contributed by atoms with Crippen LogP contribution in [0.25, 0.3) is 0 Å². The molecule has 0 bridgehead atoms. The fourth-order valence-electron chi connectivity index (χ4n) is 2.06. The van der Waals surface area contributed by atoms with E-state index < -0.39 is 0 Å². The highest BCUT2D eigenvalue weighted by molar-refractivity contribution is 5.81. The second-order valence-electron chi connectivity index (χ2n) is 4.35. The van der Waals surface area contributed by atoms with Crippen LogP contribution in [0.4, 0.5) is 0 Å². The molecule has 2 atom stereocenters. The Morgan fingerprint density at radius 3 is 2.36 bits per heavy atom. The van der Waals surface area contributed by atoms with Gasteiger partial charge in [-0.05, 0) is 39.7 Å². The molecule has 0 aromatic rings. The first kappa shape index (κ1) is 11.5. The zero-order chi connectivity index (χ0) is 10.6. The van der Waals surface area contributed by atoms with E-state index in [0.717, 1.165) is 0 Å². The lowest BCUT2D eigenvalue weighted by molar-refractivity contribution is -0.123. The first-order chi connectivity index (χ1) is 6.65. The molecule has 3 heteroatoms. The minimum atomic E-state index is -0.0844. The summed E-state index contributed by atoms with van der Waals surface area (Å²) in [5, 5.41) is 6.02. The van der Waals surface area contributed by atoms with Crippen molar-refractivity contribution in [2.24, 2.45) is 5.92 Å². The van der Waals surface area contributed by atoms with Crippen molar-refractivity contribution in [3.8, 4) is 0 Å². The molecule has 0 heterocycles. The monoisotopic (exact) mass is 198 g/mol. The van der Waals surface area contributed by atoms with Crippen molar-refractivity contribution < 1.29 is 4.79 Å². The summed E-state index contributed by atoms with van der Waals surface area (Å²) in [6.07, 6.45) is 5.20. The molecule has 0 saturated heterocycles. The fraction of sp³-hybridized carbons (Fsp3) is 0.909. The van der Waals surface area contributed by atoms with Crippen LogP contribution in [0.5, 0.6) is 0 Å². The third kappa shape index (κ3) is 2.98. The average Bonchev–Trinajstić information content (AvgIpc) is 2.69. The standard InChI is InChI=1S/C11H22N2O/c1-8(10-6-4-5-7-10)13-11(14)9(2)12-3/h8-10,12H,4-7H2,1-3H3,(H,13,14)/t8-,9?/m0/s1. The van der Waals surface area contributed by atoms with E-state index in [4.69, 9.17) is 0 Å².